The smallest absolute Gasteiger partial charge is 0.228 e. The first-order valence-electron chi connectivity index (χ1n) is 6.74. The fraction of sp³-hybridized carbons (Fsp3) is 0.571. The Morgan fingerprint density at radius 1 is 1.30 bits per heavy atom. The van der Waals surface area contributed by atoms with Crippen LogP contribution in [0.15, 0.2) is 12.3 Å². The molecule has 110 valence electrons. The molecule has 1 aliphatic heterocycles. The lowest BCUT2D eigenvalue weighted by molar-refractivity contribution is -0.139. The van der Waals surface area contributed by atoms with Crippen LogP contribution >= 0.6 is 11.6 Å². The van der Waals surface area contributed by atoms with E-state index in [-0.39, 0.29) is 11.3 Å². The summed E-state index contributed by atoms with van der Waals surface area (Å²) in [5.41, 5.74) is 5.82. The Balaban J connectivity index is 2.01. The maximum absolute atomic E-state index is 12.2. The number of hydrogen-bond acceptors (Lipinski definition) is 4. The second kappa shape index (κ2) is 5.48. The fourth-order valence-electron chi connectivity index (χ4n) is 2.22. The molecule has 5 nitrogen and oxygen atoms in total. The lowest BCUT2D eigenvalue weighted by Gasteiger charge is -2.38. The second-order valence-corrected chi connectivity index (χ2v) is 6.50. The maximum Gasteiger partial charge on any atom is 0.228 e. The van der Waals surface area contributed by atoms with Gasteiger partial charge >= 0.3 is 0 Å². The van der Waals surface area contributed by atoms with Crippen LogP contribution in [0, 0.1) is 5.41 Å². The molecule has 2 N–H and O–H groups in total. The Morgan fingerprint density at radius 3 is 2.40 bits per heavy atom. The molecule has 6 heteroatoms. The summed E-state index contributed by atoms with van der Waals surface area (Å²) in [5, 5.41) is 0.517. The Labute approximate surface area is 124 Å². The summed E-state index contributed by atoms with van der Waals surface area (Å²) in [6.45, 7) is 8.78. The molecule has 2 heterocycles. The van der Waals surface area contributed by atoms with Crippen LogP contribution in [0.1, 0.15) is 20.8 Å². The first kappa shape index (κ1) is 14.9. The number of pyridine rings is 1. The monoisotopic (exact) mass is 296 g/mol. The number of carbonyl (C=O) groups excluding carboxylic acids is 1. The van der Waals surface area contributed by atoms with E-state index in [0.717, 1.165) is 18.9 Å². The van der Waals surface area contributed by atoms with Crippen LogP contribution in [-0.2, 0) is 4.79 Å². The molecule has 1 aromatic rings. The van der Waals surface area contributed by atoms with Gasteiger partial charge in [-0.2, -0.15) is 0 Å². The highest BCUT2D eigenvalue weighted by atomic mass is 35.5. The minimum absolute atomic E-state index is 0.195. The molecule has 1 aromatic heterocycles. The number of nitrogen functional groups attached to an aromatic ring is 1. The molecule has 1 amide bonds. The second-order valence-electron chi connectivity index (χ2n) is 6.09. The highest BCUT2D eigenvalue weighted by Crippen LogP contribution is 2.24. The van der Waals surface area contributed by atoms with E-state index in [9.17, 15) is 4.79 Å². The minimum Gasteiger partial charge on any atom is -0.396 e. The van der Waals surface area contributed by atoms with Crippen LogP contribution in [0.25, 0.3) is 0 Å². The SMILES string of the molecule is CC(C)(C)C(=O)N1CCN(c2cc(Cl)c(N)cn2)CC1. The van der Waals surface area contributed by atoms with Crippen LogP contribution in [0.3, 0.4) is 0 Å². The third-order valence-corrected chi connectivity index (χ3v) is 3.73. The number of carbonyl (C=O) groups is 1. The van der Waals surface area contributed by atoms with Crippen LogP contribution in [-0.4, -0.2) is 42.0 Å². The zero-order valence-electron chi connectivity index (χ0n) is 12.2. The molecule has 1 aliphatic rings. The number of hydrogen-bond donors (Lipinski definition) is 1. The number of anilines is 2. The Hall–Kier alpha value is -1.49. The molecule has 1 saturated heterocycles. The van der Waals surface area contributed by atoms with Gasteiger partial charge in [0.05, 0.1) is 16.9 Å². The Bertz CT molecular complexity index is 504. The van der Waals surface area contributed by atoms with Crippen molar-refractivity contribution in [3.63, 3.8) is 0 Å². The highest BCUT2D eigenvalue weighted by molar-refractivity contribution is 6.33. The van der Waals surface area contributed by atoms with E-state index in [1.807, 2.05) is 25.7 Å². The predicted molar refractivity (Wildman–Crippen MR) is 81.9 cm³/mol. The summed E-state index contributed by atoms with van der Waals surface area (Å²) in [7, 11) is 0. The van der Waals surface area contributed by atoms with Crippen LogP contribution in [0.2, 0.25) is 5.02 Å². The summed E-state index contributed by atoms with van der Waals surface area (Å²) in [4.78, 5) is 20.5. The largest absolute Gasteiger partial charge is 0.396 e. The normalized spacial score (nSPS) is 16.4. The quantitative estimate of drug-likeness (QED) is 0.861. The van der Waals surface area contributed by atoms with Gasteiger partial charge in [0.1, 0.15) is 5.82 Å². The molecule has 0 spiro atoms. The van der Waals surface area contributed by atoms with Gasteiger partial charge in [-0.15, -0.1) is 0 Å². The van der Waals surface area contributed by atoms with Crippen molar-refractivity contribution in [2.45, 2.75) is 20.8 Å². The van der Waals surface area contributed by atoms with Crippen molar-refractivity contribution in [3.8, 4) is 0 Å². The van der Waals surface area contributed by atoms with Crippen LogP contribution in [0.5, 0.6) is 0 Å². The van der Waals surface area contributed by atoms with Crippen molar-refractivity contribution < 1.29 is 4.79 Å². The summed E-state index contributed by atoms with van der Waals surface area (Å²) < 4.78 is 0. The number of halogens is 1. The molecule has 0 atom stereocenters. The summed E-state index contributed by atoms with van der Waals surface area (Å²) >= 11 is 6.02. The van der Waals surface area contributed by atoms with Crippen LogP contribution < -0.4 is 10.6 Å². The lowest BCUT2D eigenvalue weighted by atomic mass is 9.94. The standard InChI is InChI=1S/C14H21ClN4O/c1-14(2,3)13(20)19-6-4-18(5-7-19)12-8-10(15)11(16)9-17-12/h8-9H,4-7,16H2,1-3H3. The van der Waals surface area contributed by atoms with Crippen molar-refractivity contribution >= 4 is 29.0 Å². The molecular formula is C14H21ClN4O. The molecular weight excluding hydrogens is 276 g/mol. The van der Waals surface area contributed by atoms with E-state index in [1.165, 1.54) is 0 Å². The zero-order valence-corrected chi connectivity index (χ0v) is 12.9. The van der Waals surface area contributed by atoms with Gasteiger partial charge in [-0.3, -0.25) is 4.79 Å². The van der Waals surface area contributed by atoms with Crippen molar-refractivity contribution in [3.05, 3.63) is 17.3 Å². The van der Waals surface area contributed by atoms with E-state index in [1.54, 1.807) is 12.3 Å². The van der Waals surface area contributed by atoms with E-state index in [2.05, 4.69) is 9.88 Å². The van der Waals surface area contributed by atoms with Crippen molar-refractivity contribution in [1.82, 2.24) is 9.88 Å². The molecule has 0 aliphatic carbocycles. The summed E-state index contributed by atoms with van der Waals surface area (Å²) in [6, 6.07) is 1.78. The lowest BCUT2D eigenvalue weighted by Crippen LogP contribution is -2.51. The number of nitrogens with two attached hydrogens (primary N) is 1. The predicted octanol–water partition coefficient (Wildman–Crippen LogP) is 2.01. The molecule has 0 unspecified atom stereocenters. The number of aromatic nitrogens is 1. The van der Waals surface area contributed by atoms with E-state index >= 15 is 0 Å². The Morgan fingerprint density at radius 2 is 1.90 bits per heavy atom. The summed E-state index contributed by atoms with van der Waals surface area (Å²) in [5.74, 6) is 1.01. The number of amides is 1. The molecule has 20 heavy (non-hydrogen) atoms. The van der Waals surface area contributed by atoms with E-state index in [0.29, 0.717) is 23.8 Å². The van der Waals surface area contributed by atoms with E-state index < -0.39 is 0 Å². The molecule has 0 aromatic carbocycles. The van der Waals surface area contributed by atoms with Crippen LogP contribution in [0.4, 0.5) is 11.5 Å². The van der Waals surface area contributed by atoms with Gasteiger partial charge in [0.2, 0.25) is 5.91 Å². The average Bonchev–Trinajstić information content (AvgIpc) is 2.40. The van der Waals surface area contributed by atoms with Crippen molar-refractivity contribution in [1.29, 1.82) is 0 Å². The summed E-state index contributed by atoms with van der Waals surface area (Å²) in [6.07, 6.45) is 1.57. The number of nitrogens with zero attached hydrogens (tertiary/aromatic N) is 3. The highest BCUT2D eigenvalue weighted by Gasteiger charge is 2.29. The van der Waals surface area contributed by atoms with Gasteiger partial charge in [-0.1, -0.05) is 32.4 Å². The molecule has 2 rings (SSSR count). The van der Waals surface area contributed by atoms with Gasteiger partial charge < -0.3 is 15.5 Å². The third kappa shape index (κ3) is 3.15. The number of rotatable bonds is 1. The van der Waals surface area contributed by atoms with Gasteiger partial charge in [-0.25, -0.2) is 4.98 Å². The Kier molecular flexibility index (Phi) is 4.09. The van der Waals surface area contributed by atoms with Gasteiger partial charge in [0.25, 0.3) is 0 Å². The van der Waals surface area contributed by atoms with Crippen molar-refractivity contribution in [2.24, 2.45) is 5.41 Å². The maximum atomic E-state index is 12.2. The third-order valence-electron chi connectivity index (χ3n) is 3.40. The molecule has 1 fully saturated rings. The van der Waals surface area contributed by atoms with Gasteiger partial charge in [0.15, 0.2) is 0 Å². The van der Waals surface area contributed by atoms with Crippen molar-refractivity contribution in [2.75, 3.05) is 36.8 Å². The van der Waals surface area contributed by atoms with Gasteiger partial charge in [0, 0.05) is 37.7 Å². The fourth-order valence-corrected chi connectivity index (χ4v) is 2.36. The van der Waals surface area contributed by atoms with E-state index in [4.69, 9.17) is 17.3 Å². The first-order valence-corrected chi connectivity index (χ1v) is 7.12. The number of piperazine rings is 1. The molecule has 0 bridgehead atoms. The minimum atomic E-state index is -0.328. The molecule has 0 saturated carbocycles. The molecule has 0 radical (unpaired) electrons. The average molecular weight is 297 g/mol. The zero-order chi connectivity index (χ0) is 14.9. The van der Waals surface area contributed by atoms with Gasteiger partial charge in [-0.05, 0) is 0 Å². The first-order chi connectivity index (χ1) is 9.29. The topological polar surface area (TPSA) is 62.5 Å².